The van der Waals surface area contributed by atoms with Crippen molar-refractivity contribution >= 4 is 41.8 Å². The van der Waals surface area contributed by atoms with Gasteiger partial charge < -0.3 is 20.4 Å². The third-order valence-electron chi connectivity index (χ3n) is 5.35. The van der Waals surface area contributed by atoms with E-state index < -0.39 is 0 Å². The Morgan fingerprint density at radius 1 is 1.00 bits per heavy atom. The molecule has 0 bridgehead atoms. The van der Waals surface area contributed by atoms with Crippen molar-refractivity contribution < 1.29 is 4.79 Å². The average molecular weight is 551 g/mol. The summed E-state index contributed by atoms with van der Waals surface area (Å²) in [6.45, 7) is 9.05. The molecule has 3 rings (SSSR count). The number of hydrogen-bond acceptors (Lipinski definition) is 5. The Morgan fingerprint density at radius 3 is 2.34 bits per heavy atom. The SMILES string of the molecule is CCNC(=NCc1ccccc1CC)NCCC(=O)N1CCN(c2ncccn2)CC1.I. The minimum atomic E-state index is 0. The number of aliphatic imine (C=N–C) groups is 1. The van der Waals surface area contributed by atoms with Crippen molar-refractivity contribution in [2.24, 2.45) is 4.99 Å². The number of aromatic nitrogens is 2. The van der Waals surface area contributed by atoms with Crippen LogP contribution in [0.15, 0.2) is 47.7 Å². The Bertz CT molecular complexity index is 854. The van der Waals surface area contributed by atoms with Crippen molar-refractivity contribution in [3.8, 4) is 0 Å². The lowest BCUT2D eigenvalue weighted by atomic mass is 10.1. The van der Waals surface area contributed by atoms with Gasteiger partial charge in [0.15, 0.2) is 5.96 Å². The normalized spacial score (nSPS) is 14.0. The fourth-order valence-corrected chi connectivity index (χ4v) is 3.62. The summed E-state index contributed by atoms with van der Waals surface area (Å²) in [7, 11) is 0. The molecule has 0 aliphatic carbocycles. The quantitative estimate of drug-likeness (QED) is 0.298. The summed E-state index contributed by atoms with van der Waals surface area (Å²) >= 11 is 0. The van der Waals surface area contributed by atoms with Gasteiger partial charge in [-0.2, -0.15) is 0 Å². The van der Waals surface area contributed by atoms with Crippen molar-refractivity contribution in [1.82, 2.24) is 25.5 Å². The third-order valence-corrected chi connectivity index (χ3v) is 5.35. The van der Waals surface area contributed by atoms with Crippen molar-refractivity contribution in [3.63, 3.8) is 0 Å². The van der Waals surface area contributed by atoms with Crippen LogP contribution in [-0.2, 0) is 17.8 Å². The molecule has 1 aliphatic rings. The number of halogens is 1. The first-order chi connectivity index (χ1) is 15.2. The van der Waals surface area contributed by atoms with E-state index in [1.165, 1.54) is 11.1 Å². The van der Waals surface area contributed by atoms with Crippen molar-refractivity contribution in [3.05, 3.63) is 53.9 Å². The van der Waals surface area contributed by atoms with E-state index in [1.807, 2.05) is 24.0 Å². The topological polar surface area (TPSA) is 85.8 Å². The number of hydrogen-bond donors (Lipinski definition) is 2. The maximum atomic E-state index is 12.6. The molecular weight excluding hydrogens is 517 g/mol. The molecule has 9 heteroatoms. The number of carbonyl (C=O) groups excluding carboxylic acids is 1. The van der Waals surface area contributed by atoms with E-state index in [0.29, 0.717) is 32.6 Å². The van der Waals surface area contributed by atoms with E-state index in [0.717, 1.165) is 38.0 Å². The first kappa shape index (κ1) is 25.8. The molecule has 2 heterocycles. The van der Waals surface area contributed by atoms with Crippen LogP contribution in [0.1, 0.15) is 31.4 Å². The Balaban J connectivity index is 0.00000363. The molecule has 0 saturated carbocycles. The molecule has 1 aliphatic heterocycles. The standard InChI is InChI=1S/C23H33N7O.HI/c1-3-19-8-5-6-9-20(19)18-28-22(24-4-2)25-13-10-21(31)29-14-16-30(17-15-29)23-26-11-7-12-27-23;/h5-9,11-12H,3-4,10,13-18H2,1-2H3,(H2,24,25,28);1H. The predicted octanol–water partition coefficient (Wildman–Crippen LogP) is 2.45. The summed E-state index contributed by atoms with van der Waals surface area (Å²) in [5.41, 5.74) is 2.55. The maximum absolute atomic E-state index is 12.6. The highest BCUT2D eigenvalue weighted by atomic mass is 127. The summed E-state index contributed by atoms with van der Waals surface area (Å²) in [6, 6.07) is 10.2. The number of rotatable bonds is 8. The van der Waals surface area contributed by atoms with E-state index in [2.05, 4.69) is 50.6 Å². The van der Waals surface area contributed by atoms with Crippen LogP contribution in [0.25, 0.3) is 0 Å². The molecule has 0 radical (unpaired) electrons. The number of amides is 1. The molecule has 1 aromatic carbocycles. The van der Waals surface area contributed by atoms with Gasteiger partial charge in [-0.15, -0.1) is 24.0 Å². The fourth-order valence-electron chi connectivity index (χ4n) is 3.62. The lowest BCUT2D eigenvalue weighted by Crippen LogP contribution is -2.50. The molecular formula is C23H34IN7O. The molecule has 8 nitrogen and oxygen atoms in total. The van der Waals surface area contributed by atoms with Gasteiger partial charge in [0.1, 0.15) is 0 Å². The van der Waals surface area contributed by atoms with Gasteiger partial charge in [0, 0.05) is 58.1 Å². The van der Waals surface area contributed by atoms with Crippen LogP contribution in [0.2, 0.25) is 0 Å². The highest BCUT2D eigenvalue weighted by Gasteiger charge is 2.22. The van der Waals surface area contributed by atoms with Gasteiger partial charge in [-0.05, 0) is 30.5 Å². The Labute approximate surface area is 207 Å². The lowest BCUT2D eigenvalue weighted by Gasteiger charge is -2.34. The van der Waals surface area contributed by atoms with E-state index in [1.54, 1.807) is 12.4 Å². The van der Waals surface area contributed by atoms with Gasteiger partial charge in [-0.1, -0.05) is 31.2 Å². The van der Waals surface area contributed by atoms with Crippen LogP contribution in [0.5, 0.6) is 0 Å². The van der Waals surface area contributed by atoms with E-state index in [4.69, 9.17) is 4.99 Å². The first-order valence-electron chi connectivity index (χ1n) is 11.1. The summed E-state index contributed by atoms with van der Waals surface area (Å²) in [6.07, 6.45) is 4.93. The highest BCUT2D eigenvalue weighted by Crippen LogP contribution is 2.11. The molecule has 32 heavy (non-hydrogen) atoms. The van der Waals surface area contributed by atoms with Crippen LogP contribution < -0.4 is 15.5 Å². The molecule has 0 atom stereocenters. The minimum absolute atomic E-state index is 0. The van der Waals surface area contributed by atoms with Crippen LogP contribution >= 0.6 is 24.0 Å². The zero-order valence-electron chi connectivity index (χ0n) is 19.0. The zero-order chi connectivity index (χ0) is 21.9. The monoisotopic (exact) mass is 551 g/mol. The predicted molar refractivity (Wildman–Crippen MR) is 139 cm³/mol. The molecule has 2 N–H and O–H groups in total. The van der Waals surface area contributed by atoms with Gasteiger partial charge >= 0.3 is 0 Å². The molecule has 0 spiro atoms. The lowest BCUT2D eigenvalue weighted by molar-refractivity contribution is -0.131. The summed E-state index contributed by atoms with van der Waals surface area (Å²) in [5, 5.41) is 6.56. The maximum Gasteiger partial charge on any atom is 0.225 e. The van der Waals surface area contributed by atoms with Crippen molar-refractivity contribution in [1.29, 1.82) is 0 Å². The Morgan fingerprint density at radius 2 is 1.69 bits per heavy atom. The van der Waals surface area contributed by atoms with Crippen molar-refractivity contribution in [2.75, 3.05) is 44.2 Å². The van der Waals surface area contributed by atoms with Gasteiger partial charge in [-0.3, -0.25) is 4.79 Å². The first-order valence-corrected chi connectivity index (χ1v) is 11.1. The van der Waals surface area contributed by atoms with E-state index in [-0.39, 0.29) is 29.9 Å². The smallest absolute Gasteiger partial charge is 0.225 e. The Kier molecular flexibility index (Phi) is 11.2. The molecule has 1 fully saturated rings. The molecule has 1 saturated heterocycles. The second-order valence-electron chi connectivity index (χ2n) is 7.41. The number of guanidine groups is 1. The van der Waals surface area contributed by atoms with E-state index >= 15 is 0 Å². The average Bonchev–Trinajstić information content (AvgIpc) is 2.83. The van der Waals surface area contributed by atoms with Crippen LogP contribution in [-0.4, -0.2) is 66.0 Å². The number of nitrogens with zero attached hydrogens (tertiary/aromatic N) is 5. The van der Waals surface area contributed by atoms with Gasteiger partial charge in [-0.25, -0.2) is 15.0 Å². The minimum Gasteiger partial charge on any atom is -0.357 e. The zero-order valence-corrected chi connectivity index (χ0v) is 21.3. The molecule has 0 unspecified atom stereocenters. The summed E-state index contributed by atoms with van der Waals surface area (Å²) < 4.78 is 0. The Hall–Kier alpha value is -2.43. The summed E-state index contributed by atoms with van der Waals surface area (Å²) in [4.78, 5) is 29.9. The third kappa shape index (κ3) is 7.61. The number of anilines is 1. The van der Waals surface area contributed by atoms with E-state index in [9.17, 15) is 4.79 Å². The molecule has 174 valence electrons. The fraction of sp³-hybridized carbons (Fsp3) is 0.478. The van der Waals surface area contributed by atoms with Crippen LogP contribution in [0.4, 0.5) is 5.95 Å². The molecule has 2 aromatic rings. The van der Waals surface area contributed by atoms with Gasteiger partial charge in [0.05, 0.1) is 6.54 Å². The van der Waals surface area contributed by atoms with Crippen LogP contribution in [0.3, 0.4) is 0 Å². The number of nitrogens with one attached hydrogen (secondary N) is 2. The number of aryl methyl sites for hydroxylation is 1. The van der Waals surface area contributed by atoms with Gasteiger partial charge in [0.25, 0.3) is 0 Å². The number of benzene rings is 1. The molecule has 1 aromatic heterocycles. The van der Waals surface area contributed by atoms with Gasteiger partial charge in [0.2, 0.25) is 11.9 Å². The van der Waals surface area contributed by atoms with Crippen LogP contribution in [0, 0.1) is 0 Å². The highest BCUT2D eigenvalue weighted by molar-refractivity contribution is 14.0. The number of piperazine rings is 1. The number of carbonyl (C=O) groups is 1. The van der Waals surface area contributed by atoms with Crippen molar-refractivity contribution in [2.45, 2.75) is 33.2 Å². The summed E-state index contributed by atoms with van der Waals surface area (Å²) in [5.74, 6) is 1.63. The second kappa shape index (κ2) is 13.9. The molecule has 1 amide bonds. The largest absolute Gasteiger partial charge is 0.357 e. The second-order valence-corrected chi connectivity index (χ2v) is 7.41.